The minimum atomic E-state index is -0.411. The molecule has 0 bridgehead atoms. The van der Waals surface area contributed by atoms with Crippen LogP contribution >= 0.6 is 11.8 Å². The molecule has 94 valence electrons. The van der Waals surface area contributed by atoms with Gasteiger partial charge in [0, 0.05) is 24.1 Å². The van der Waals surface area contributed by atoms with Gasteiger partial charge in [-0.05, 0) is 33.7 Å². The molecule has 0 aromatic carbocycles. The van der Waals surface area contributed by atoms with Crippen molar-refractivity contribution >= 4 is 17.9 Å². The summed E-state index contributed by atoms with van der Waals surface area (Å²) in [5.74, 6) is 2.44. The smallest absolute Gasteiger partial charge is 0.407 e. The van der Waals surface area contributed by atoms with Gasteiger partial charge < -0.3 is 15.4 Å². The van der Waals surface area contributed by atoms with Crippen molar-refractivity contribution in [2.75, 3.05) is 24.6 Å². The number of carbonyl (C=O) groups excluding carboxylic acids is 1. The van der Waals surface area contributed by atoms with Gasteiger partial charge in [-0.3, -0.25) is 0 Å². The van der Waals surface area contributed by atoms with E-state index in [9.17, 15) is 4.79 Å². The van der Waals surface area contributed by atoms with Crippen LogP contribution in [0.2, 0.25) is 0 Å². The SMILES string of the molecule is CC(C)(C)OC(=O)NCCCNC1CSC1. The monoisotopic (exact) mass is 246 g/mol. The zero-order chi connectivity index (χ0) is 12.0. The molecule has 1 fully saturated rings. The Morgan fingerprint density at radius 1 is 1.38 bits per heavy atom. The maximum absolute atomic E-state index is 11.3. The quantitative estimate of drug-likeness (QED) is 0.724. The van der Waals surface area contributed by atoms with Gasteiger partial charge in [-0.25, -0.2) is 4.79 Å². The minimum Gasteiger partial charge on any atom is -0.444 e. The normalized spacial score (nSPS) is 16.7. The van der Waals surface area contributed by atoms with E-state index in [1.165, 1.54) is 11.5 Å². The highest BCUT2D eigenvalue weighted by atomic mass is 32.2. The van der Waals surface area contributed by atoms with Gasteiger partial charge in [0.1, 0.15) is 5.60 Å². The molecule has 16 heavy (non-hydrogen) atoms. The first-order valence-corrected chi connectivity index (χ1v) is 6.91. The summed E-state index contributed by atoms with van der Waals surface area (Å²) < 4.78 is 5.12. The molecule has 0 aromatic rings. The molecule has 0 unspecified atom stereocenters. The molecule has 0 radical (unpaired) electrons. The molecule has 0 saturated carbocycles. The summed E-state index contributed by atoms with van der Waals surface area (Å²) in [6, 6.07) is 0.687. The maximum Gasteiger partial charge on any atom is 0.407 e. The van der Waals surface area contributed by atoms with Gasteiger partial charge in [0.05, 0.1) is 0 Å². The average Bonchev–Trinajstić information content (AvgIpc) is 2.04. The summed E-state index contributed by atoms with van der Waals surface area (Å²) in [5, 5.41) is 6.17. The van der Waals surface area contributed by atoms with Gasteiger partial charge in [-0.15, -0.1) is 0 Å². The average molecular weight is 246 g/mol. The second kappa shape index (κ2) is 6.35. The van der Waals surface area contributed by atoms with E-state index in [4.69, 9.17) is 4.74 Å². The molecule has 5 heteroatoms. The number of ether oxygens (including phenoxy) is 1. The number of thioether (sulfide) groups is 1. The van der Waals surface area contributed by atoms with E-state index in [0.29, 0.717) is 12.6 Å². The number of alkyl carbamates (subject to hydrolysis) is 1. The third-order valence-electron chi connectivity index (χ3n) is 2.09. The highest BCUT2D eigenvalue weighted by molar-refractivity contribution is 8.00. The zero-order valence-corrected chi connectivity index (χ0v) is 11.2. The Labute approximate surface area is 102 Å². The molecular formula is C11H22N2O2S. The first kappa shape index (κ1) is 13.6. The Morgan fingerprint density at radius 2 is 2.06 bits per heavy atom. The second-order valence-corrected chi connectivity index (χ2v) is 6.05. The van der Waals surface area contributed by atoms with Gasteiger partial charge in [0.2, 0.25) is 0 Å². The van der Waals surface area contributed by atoms with Crippen LogP contribution in [0.4, 0.5) is 4.79 Å². The number of carbonyl (C=O) groups is 1. The Hall–Kier alpha value is -0.420. The van der Waals surface area contributed by atoms with Crippen LogP contribution < -0.4 is 10.6 Å². The highest BCUT2D eigenvalue weighted by Crippen LogP contribution is 2.16. The van der Waals surface area contributed by atoms with Crippen LogP contribution in [0.1, 0.15) is 27.2 Å². The van der Waals surface area contributed by atoms with E-state index in [1.54, 1.807) is 0 Å². The standard InChI is InChI=1S/C11H22N2O2S/c1-11(2,3)15-10(14)13-6-4-5-12-9-7-16-8-9/h9,12H,4-8H2,1-3H3,(H,13,14). The number of rotatable bonds is 5. The zero-order valence-electron chi connectivity index (χ0n) is 10.3. The molecular weight excluding hydrogens is 224 g/mol. The molecule has 0 aliphatic carbocycles. The van der Waals surface area contributed by atoms with Gasteiger partial charge >= 0.3 is 6.09 Å². The lowest BCUT2D eigenvalue weighted by Gasteiger charge is -2.26. The van der Waals surface area contributed by atoms with Crippen molar-refractivity contribution in [2.24, 2.45) is 0 Å². The summed E-state index contributed by atoms with van der Waals surface area (Å²) in [5.41, 5.74) is -0.411. The number of nitrogens with one attached hydrogen (secondary N) is 2. The molecule has 2 N–H and O–H groups in total. The Kier molecular flexibility index (Phi) is 5.41. The Balaban J connectivity index is 1.91. The maximum atomic E-state index is 11.3. The molecule has 1 heterocycles. The fourth-order valence-corrected chi connectivity index (χ4v) is 1.96. The predicted octanol–water partition coefficient (Wildman–Crippen LogP) is 1.61. The summed E-state index contributed by atoms with van der Waals surface area (Å²) in [6.07, 6.45) is 0.618. The number of hydrogen-bond donors (Lipinski definition) is 2. The molecule has 0 atom stereocenters. The van der Waals surface area contributed by atoms with Crippen molar-refractivity contribution in [3.05, 3.63) is 0 Å². The first-order valence-electron chi connectivity index (χ1n) is 5.75. The summed E-state index contributed by atoms with van der Waals surface area (Å²) >= 11 is 1.97. The van der Waals surface area contributed by atoms with Crippen LogP contribution in [0.3, 0.4) is 0 Å². The van der Waals surface area contributed by atoms with Crippen molar-refractivity contribution < 1.29 is 9.53 Å². The van der Waals surface area contributed by atoms with Crippen molar-refractivity contribution in [3.8, 4) is 0 Å². The molecule has 4 nitrogen and oxygen atoms in total. The van der Waals surface area contributed by atoms with Crippen LogP contribution in [0.5, 0.6) is 0 Å². The van der Waals surface area contributed by atoms with Gasteiger partial charge in [-0.2, -0.15) is 11.8 Å². The number of hydrogen-bond acceptors (Lipinski definition) is 4. The molecule has 1 amide bonds. The van der Waals surface area contributed by atoms with Crippen molar-refractivity contribution in [1.29, 1.82) is 0 Å². The van der Waals surface area contributed by atoms with Crippen LogP contribution in [-0.2, 0) is 4.74 Å². The fourth-order valence-electron chi connectivity index (χ4n) is 1.25. The third-order valence-corrected chi connectivity index (χ3v) is 3.37. The summed E-state index contributed by atoms with van der Waals surface area (Å²) in [7, 11) is 0. The molecule has 0 spiro atoms. The van der Waals surface area contributed by atoms with Crippen LogP contribution in [0, 0.1) is 0 Å². The van der Waals surface area contributed by atoms with E-state index in [1.807, 2.05) is 32.5 Å². The van der Waals surface area contributed by atoms with E-state index < -0.39 is 5.60 Å². The number of amides is 1. The van der Waals surface area contributed by atoms with E-state index in [0.717, 1.165) is 13.0 Å². The van der Waals surface area contributed by atoms with Crippen molar-refractivity contribution in [2.45, 2.75) is 38.8 Å². The van der Waals surface area contributed by atoms with Crippen molar-refractivity contribution in [3.63, 3.8) is 0 Å². The van der Waals surface area contributed by atoms with Crippen LogP contribution in [-0.4, -0.2) is 42.3 Å². The van der Waals surface area contributed by atoms with Gasteiger partial charge in [0.25, 0.3) is 0 Å². The lowest BCUT2D eigenvalue weighted by Crippen LogP contribution is -2.41. The van der Waals surface area contributed by atoms with Gasteiger partial charge in [-0.1, -0.05) is 0 Å². The first-order chi connectivity index (χ1) is 7.47. The lowest BCUT2D eigenvalue weighted by atomic mass is 10.2. The summed E-state index contributed by atoms with van der Waals surface area (Å²) in [4.78, 5) is 11.3. The molecule has 0 aromatic heterocycles. The highest BCUT2D eigenvalue weighted by Gasteiger charge is 2.17. The largest absolute Gasteiger partial charge is 0.444 e. The van der Waals surface area contributed by atoms with E-state index in [2.05, 4.69) is 10.6 Å². The van der Waals surface area contributed by atoms with E-state index in [-0.39, 0.29) is 6.09 Å². The summed E-state index contributed by atoms with van der Waals surface area (Å²) in [6.45, 7) is 7.22. The fraction of sp³-hybridized carbons (Fsp3) is 0.909. The van der Waals surface area contributed by atoms with Crippen LogP contribution in [0.25, 0.3) is 0 Å². The minimum absolute atomic E-state index is 0.327. The topological polar surface area (TPSA) is 50.4 Å². The lowest BCUT2D eigenvalue weighted by molar-refractivity contribution is 0.0527. The van der Waals surface area contributed by atoms with Gasteiger partial charge in [0.15, 0.2) is 0 Å². The Bertz CT molecular complexity index is 225. The molecule has 1 rings (SSSR count). The molecule has 1 saturated heterocycles. The second-order valence-electron chi connectivity index (χ2n) is 4.97. The Morgan fingerprint density at radius 3 is 2.56 bits per heavy atom. The third kappa shape index (κ3) is 6.23. The molecule has 1 aliphatic rings. The van der Waals surface area contributed by atoms with E-state index >= 15 is 0 Å². The predicted molar refractivity (Wildman–Crippen MR) is 68.0 cm³/mol. The van der Waals surface area contributed by atoms with Crippen LogP contribution in [0.15, 0.2) is 0 Å². The van der Waals surface area contributed by atoms with Crippen molar-refractivity contribution in [1.82, 2.24) is 10.6 Å². The molecule has 1 aliphatic heterocycles.